The lowest BCUT2D eigenvalue weighted by Gasteiger charge is -2.33. The highest BCUT2D eigenvalue weighted by molar-refractivity contribution is 5.21. The molecular weight excluding hydrogens is 246 g/mol. The zero-order valence-electron chi connectivity index (χ0n) is 12.9. The van der Waals surface area contributed by atoms with Crippen molar-refractivity contribution in [2.24, 2.45) is 5.92 Å². The molecule has 1 aliphatic rings. The van der Waals surface area contributed by atoms with Gasteiger partial charge in [0.1, 0.15) is 0 Å². The topological polar surface area (TPSA) is 32.3 Å². The van der Waals surface area contributed by atoms with E-state index in [1.807, 2.05) is 37.3 Å². The fourth-order valence-electron chi connectivity index (χ4n) is 3.41. The first-order chi connectivity index (χ1) is 9.63. The largest absolute Gasteiger partial charge is 0.384 e. The molecule has 0 radical (unpaired) electrons. The Balaban J connectivity index is 1.91. The monoisotopic (exact) mass is 275 g/mol. The highest BCUT2D eigenvalue weighted by Gasteiger charge is 2.27. The quantitative estimate of drug-likeness (QED) is 0.826. The maximum atomic E-state index is 10.7. The molecular formula is C18H29NO. The maximum Gasteiger partial charge on any atom is 0.0992 e. The van der Waals surface area contributed by atoms with E-state index in [1.165, 1.54) is 32.1 Å². The van der Waals surface area contributed by atoms with Gasteiger partial charge >= 0.3 is 0 Å². The second-order valence-electron chi connectivity index (χ2n) is 6.43. The molecule has 0 amide bonds. The molecule has 2 unspecified atom stereocenters. The van der Waals surface area contributed by atoms with Crippen molar-refractivity contribution in [2.45, 2.75) is 64.0 Å². The predicted molar refractivity (Wildman–Crippen MR) is 84.7 cm³/mol. The van der Waals surface area contributed by atoms with Crippen LogP contribution in [0.25, 0.3) is 0 Å². The molecule has 1 aromatic rings. The van der Waals surface area contributed by atoms with Gasteiger partial charge in [-0.25, -0.2) is 0 Å². The van der Waals surface area contributed by atoms with Gasteiger partial charge in [-0.2, -0.15) is 0 Å². The van der Waals surface area contributed by atoms with Crippen molar-refractivity contribution in [3.05, 3.63) is 35.9 Å². The van der Waals surface area contributed by atoms with Crippen molar-refractivity contribution in [3.8, 4) is 0 Å². The van der Waals surface area contributed by atoms with Gasteiger partial charge in [0, 0.05) is 12.6 Å². The molecule has 2 nitrogen and oxygen atoms in total. The van der Waals surface area contributed by atoms with Gasteiger partial charge in [-0.3, -0.25) is 0 Å². The molecule has 112 valence electrons. The normalized spacial score (nSPS) is 21.4. The van der Waals surface area contributed by atoms with Gasteiger partial charge in [-0.05, 0) is 37.7 Å². The van der Waals surface area contributed by atoms with E-state index in [2.05, 4.69) is 12.2 Å². The van der Waals surface area contributed by atoms with Crippen LogP contribution in [0.5, 0.6) is 0 Å². The first-order valence-corrected chi connectivity index (χ1v) is 8.15. The van der Waals surface area contributed by atoms with Gasteiger partial charge < -0.3 is 10.4 Å². The second kappa shape index (κ2) is 7.24. The Kier molecular flexibility index (Phi) is 5.62. The Morgan fingerprint density at radius 2 is 1.85 bits per heavy atom. The molecule has 0 spiro atoms. The summed E-state index contributed by atoms with van der Waals surface area (Å²) in [6, 6.07) is 10.5. The third-order valence-corrected chi connectivity index (χ3v) is 4.76. The minimum Gasteiger partial charge on any atom is -0.384 e. The third-order valence-electron chi connectivity index (χ3n) is 4.76. The van der Waals surface area contributed by atoms with Crippen molar-refractivity contribution < 1.29 is 5.11 Å². The Bertz CT molecular complexity index is 382. The van der Waals surface area contributed by atoms with E-state index in [4.69, 9.17) is 0 Å². The van der Waals surface area contributed by atoms with Crippen LogP contribution in [0.3, 0.4) is 0 Å². The molecule has 2 heteroatoms. The van der Waals surface area contributed by atoms with Crippen LogP contribution >= 0.6 is 0 Å². The van der Waals surface area contributed by atoms with E-state index < -0.39 is 5.60 Å². The molecule has 1 aliphatic carbocycles. The average Bonchev–Trinajstić information content (AvgIpc) is 2.50. The lowest BCUT2D eigenvalue weighted by Crippen LogP contribution is -2.44. The number of nitrogens with one attached hydrogen (secondary N) is 1. The first kappa shape index (κ1) is 15.5. The van der Waals surface area contributed by atoms with Gasteiger partial charge in [0.15, 0.2) is 0 Å². The molecule has 1 saturated carbocycles. The van der Waals surface area contributed by atoms with Crippen molar-refractivity contribution in [3.63, 3.8) is 0 Å². The Morgan fingerprint density at radius 1 is 1.20 bits per heavy atom. The smallest absolute Gasteiger partial charge is 0.0992 e. The molecule has 0 aromatic heterocycles. The number of hydrogen-bond acceptors (Lipinski definition) is 2. The van der Waals surface area contributed by atoms with Crippen LogP contribution in [0, 0.1) is 5.92 Å². The Hall–Kier alpha value is -0.860. The summed E-state index contributed by atoms with van der Waals surface area (Å²) in [7, 11) is 0. The highest BCUT2D eigenvalue weighted by atomic mass is 16.3. The van der Waals surface area contributed by atoms with Gasteiger partial charge in [0.05, 0.1) is 5.60 Å². The van der Waals surface area contributed by atoms with Crippen molar-refractivity contribution in [2.75, 3.05) is 6.54 Å². The van der Waals surface area contributed by atoms with Crippen LogP contribution in [0.15, 0.2) is 30.3 Å². The van der Waals surface area contributed by atoms with Gasteiger partial charge in [-0.15, -0.1) is 0 Å². The minimum absolute atomic E-state index is 0.547. The minimum atomic E-state index is -0.788. The fraction of sp³-hybridized carbons (Fsp3) is 0.667. The number of rotatable bonds is 6. The molecule has 0 bridgehead atoms. The summed E-state index contributed by atoms with van der Waals surface area (Å²) in [5.74, 6) is 0.792. The molecule has 0 saturated heterocycles. The molecule has 2 atom stereocenters. The van der Waals surface area contributed by atoms with Crippen molar-refractivity contribution in [1.29, 1.82) is 0 Å². The van der Waals surface area contributed by atoms with Crippen LogP contribution < -0.4 is 5.32 Å². The van der Waals surface area contributed by atoms with Crippen molar-refractivity contribution in [1.82, 2.24) is 5.32 Å². The van der Waals surface area contributed by atoms with Gasteiger partial charge in [0.2, 0.25) is 0 Å². The first-order valence-electron chi connectivity index (χ1n) is 8.15. The molecule has 0 heterocycles. The zero-order valence-corrected chi connectivity index (χ0v) is 12.9. The summed E-state index contributed by atoms with van der Waals surface area (Å²) >= 11 is 0. The van der Waals surface area contributed by atoms with Crippen LogP contribution in [0.2, 0.25) is 0 Å². The average molecular weight is 275 g/mol. The molecule has 0 aliphatic heterocycles. The SMILES string of the molecule is CCC(NCC(C)(O)c1ccccc1)C1CCCCC1. The van der Waals surface area contributed by atoms with Crippen LogP contribution in [-0.4, -0.2) is 17.7 Å². The standard InChI is InChI=1S/C18H29NO/c1-3-17(15-10-6-4-7-11-15)19-14-18(2,20)16-12-8-5-9-13-16/h5,8-9,12-13,15,17,19-20H,3-4,6-7,10-11,14H2,1-2H3. The summed E-state index contributed by atoms with van der Waals surface area (Å²) in [6.07, 6.45) is 7.98. The van der Waals surface area contributed by atoms with Gasteiger partial charge in [0.25, 0.3) is 0 Å². The maximum absolute atomic E-state index is 10.7. The van der Waals surface area contributed by atoms with Crippen LogP contribution in [0.1, 0.15) is 57.9 Å². The summed E-state index contributed by atoms with van der Waals surface area (Å²) in [4.78, 5) is 0. The molecule has 2 N–H and O–H groups in total. The summed E-state index contributed by atoms with van der Waals surface area (Å²) < 4.78 is 0. The van der Waals surface area contributed by atoms with Gasteiger partial charge in [-0.1, -0.05) is 56.5 Å². The van der Waals surface area contributed by atoms with Crippen LogP contribution in [0.4, 0.5) is 0 Å². The number of aliphatic hydroxyl groups is 1. The zero-order chi connectivity index (χ0) is 14.4. The molecule has 1 aromatic carbocycles. The lowest BCUT2D eigenvalue weighted by molar-refractivity contribution is 0.0497. The van der Waals surface area contributed by atoms with Crippen molar-refractivity contribution >= 4 is 0 Å². The fourth-order valence-corrected chi connectivity index (χ4v) is 3.41. The second-order valence-corrected chi connectivity index (χ2v) is 6.43. The summed E-state index contributed by atoms with van der Waals surface area (Å²) in [5.41, 5.74) is 0.203. The summed E-state index contributed by atoms with van der Waals surface area (Å²) in [6.45, 7) is 4.79. The number of hydrogen-bond donors (Lipinski definition) is 2. The Labute approximate surface area is 123 Å². The van der Waals surface area contributed by atoms with E-state index in [0.29, 0.717) is 12.6 Å². The lowest BCUT2D eigenvalue weighted by atomic mass is 9.82. The molecule has 1 fully saturated rings. The molecule has 20 heavy (non-hydrogen) atoms. The van der Waals surface area contributed by atoms with Crippen LogP contribution in [-0.2, 0) is 5.60 Å². The summed E-state index contributed by atoms with van der Waals surface area (Å²) in [5, 5.41) is 14.3. The number of benzene rings is 1. The van der Waals surface area contributed by atoms with E-state index in [0.717, 1.165) is 17.9 Å². The van der Waals surface area contributed by atoms with E-state index in [-0.39, 0.29) is 0 Å². The Morgan fingerprint density at radius 3 is 2.45 bits per heavy atom. The van der Waals surface area contributed by atoms with E-state index in [1.54, 1.807) is 0 Å². The predicted octanol–water partition coefficient (Wildman–Crippen LogP) is 3.84. The highest BCUT2D eigenvalue weighted by Crippen LogP contribution is 2.28. The third kappa shape index (κ3) is 4.07. The van der Waals surface area contributed by atoms with E-state index >= 15 is 0 Å². The van der Waals surface area contributed by atoms with E-state index in [9.17, 15) is 5.11 Å². The molecule has 2 rings (SSSR count).